The van der Waals surface area contributed by atoms with Gasteiger partial charge in [-0.05, 0) is 26.2 Å². The van der Waals surface area contributed by atoms with E-state index >= 15 is 0 Å². The molecule has 0 spiro atoms. The van der Waals surface area contributed by atoms with Crippen molar-refractivity contribution in [3.05, 3.63) is 0 Å². The lowest BCUT2D eigenvalue weighted by Gasteiger charge is -2.09. The van der Waals surface area contributed by atoms with Crippen molar-refractivity contribution in [1.82, 2.24) is 0 Å². The maximum atomic E-state index is 11.6. The number of Topliss-reactive ketones (excluding diaryl/α,β-unsaturated/α-hetero) is 1. The Morgan fingerprint density at radius 3 is 1.80 bits per heavy atom. The molecule has 0 radical (unpaired) electrons. The monoisotopic (exact) mass is 362 g/mol. The van der Waals surface area contributed by atoms with Crippen LogP contribution in [0.15, 0.2) is 0 Å². The van der Waals surface area contributed by atoms with Crippen molar-refractivity contribution >= 4 is 5.78 Å². The lowest BCUT2D eigenvalue weighted by molar-refractivity contribution is -0.120. The highest BCUT2D eigenvalue weighted by Crippen LogP contribution is 1.99. The highest BCUT2D eigenvalue weighted by Gasteiger charge is 2.02. The van der Waals surface area contributed by atoms with Crippen LogP contribution in [0.4, 0.5) is 0 Å². The van der Waals surface area contributed by atoms with Crippen molar-refractivity contribution in [2.75, 3.05) is 59.5 Å². The Morgan fingerprint density at radius 1 is 0.680 bits per heavy atom. The third kappa shape index (κ3) is 21.4. The molecule has 0 aliphatic carbocycles. The zero-order valence-corrected chi connectivity index (χ0v) is 16.6. The summed E-state index contributed by atoms with van der Waals surface area (Å²) in [4.78, 5) is 11.6. The molecule has 6 heteroatoms. The molecule has 0 aromatic carbocycles. The summed E-state index contributed by atoms with van der Waals surface area (Å²) < 4.78 is 27.0. The molecule has 0 rings (SSSR count). The Bertz CT molecular complexity index is 294. The molecule has 0 aliphatic heterocycles. The summed E-state index contributed by atoms with van der Waals surface area (Å²) in [6, 6.07) is 0. The first-order chi connectivity index (χ1) is 12.0. The van der Waals surface area contributed by atoms with Gasteiger partial charge in [-0.1, -0.05) is 13.8 Å². The second kappa shape index (κ2) is 18.3. The molecule has 0 saturated carbocycles. The van der Waals surface area contributed by atoms with Crippen LogP contribution in [0, 0.1) is 5.92 Å². The number of hydrogen-bond donors (Lipinski definition) is 0. The predicted octanol–water partition coefficient (Wildman–Crippen LogP) is 2.87. The molecule has 0 amide bonds. The average molecular weight is 363 g/mol. The molecule has 6 nitrogen and oxygen atoms in total. The first kappa shape index (κ1) is 24.5. The minimum atomic E-state index is 0.238. The number of rotatable bonds is 19. The SMILES string of the molecule is CC(C)COCCC(=O)CCCOCCOCCOCCOC(C)C. The number of hydrogen-bond acceptors (Lipinski definition) is 6. The Kier molecular flexibility index (Phi) is 17.9. The second-order valence-electron chi connectivity index (χ2n) is 6.62. The quantitative estimate of drug-likeness (QED) is 0.329. The van der Waals surface area contributed by atoms with Crippen LogP contribution < -0.4 is 0 Å². The van der Waals surface area contributed by atoms with E-state index in [2.05, 4.69) is 13.8 Å². The Hall–Kier alpha value is -0.530. The summed E-state index contributed by atoms with van der Waals surface area (Å²) in [7, 11) is 0. The van der Waals surface area contributed by atoms with Gasteiger partial charge in [0.2, 0.25) is 0 Å². The first-order valence-electron chi connectivity index (χ1n) is 9.46. The smallest absolute Gasteiger partial charge is 0.135 e. The molecule has 0 N–H and O–H groups in total. The van der Waals surface area contributed by atoms with Crippen molar-refractivity contribution in [3.63, 3.8) is 0 Å². The molecule has 0 aromatic rings. The summed E-state index contributed by atoms with van der Waals surface area (Å²) in [6.45, 7) is 13.4. The lowest BCUT2D eigenvalue weighted by atomic mass is 10.2. The molecular weight excluding hydrogens is 324 g/mol. The van der Waals surface area contributed by atoms with Gasteiger partial charge < -0.3 is 23.7 Å². The molecule has 0 aromatic heterocycles. The van der Waals surface area contributed by atoms with E-state index < -0.39 is 0 Å². The topological polar surface area (TPSA) is 63.2 Å². The van der Waals surface area contributed by atoms with E-state index in [1.807, 2.05) is 13.8 Å². The van der Waals surface area contributed by atoms with Gasteiger partial charge in [0.05, 0.1) is 52.4 Å². The number of ketones is 1. The second-order valence-corrected chi connectivity index (χ2v) is 6.62. The van der Waals surface area contributed by atoms with Crippen molar-refractivity contribution in [1.29, 1.82) is 0 Å². The Morgan fingerprint density at radius 2 is 1.24 bits per heavy atom. The van der Waals surface area contributed by atoms with E-state index in [4.69, 9.17) is 23.7 Å². The fraction of sp³-hybridized carbons (Fsp3) is 0.947. The van der Waals surface area contributed by atoms with E-state index in [1.165, 1.54) is 0 Å². The number of ether oxygens (including phenoxy) is 5. The van der Waals surface area contributed by atoms with Crippen molar-refractivity contribution in [2.45, 2.75) is 53.1 Å². The largest absolute Gasteiger partial charge is 0.381 e. The summed E-state index contributed by atoms with van der Waals surface area (Å²) in [6.07, 6.45) is 2.04. The summed E-state index contributed by atoms with van der Waals surface area (Å²) >= 11 is 0. The van der Waals surface area contributed by atoms with Crippen LogP contribution in [0.5, 0.6) is 0 Å². The molecule has 25 heavy (non-hydrogen) atoms. The van der Waals surface area contributed by atoms with Gasteiger partial charge in [-0.2, -0.15) is 0 Å². The lowest BCUT2D eigenvalue weighted by Crippen LogP contribution is -2.13. The van der Waals surface area contributed by atoms with Crippen LogP contribution in [0.3, 0.4) is 0 Å². The minimum absolute atomic E-state index is 0.238. The van der Waals surface area contributed by atoms with Gasteiger partial charge in [0.1, 0.15) is 5.78 Å². The molecule has 0 heterocycles. The van der Waals surface area contributed by atoms with E-state index in [-0.39, 0.29) is 11.9 Å². The normalized spacial score (nSPS) is 11.6. The molecule has 0 unspecified atom stereocenters. The molecule has 0 saturated heterocycles. The van der Waals surface area contributed by atoms with Crippen molar-refractivity contribution in [2.24, 2.45) is 5.92 Å². The van der Waals surface area contributed by atoms with Gasteiger partial charge in [-0.25, -0.2) is 0 Å². The minimum Gasteiger partial charge on any atom is -0.381 e. The molecule has 0 aliphatic rings. The van der Waals surface area contributed by atoms with Crippen molar-refractivity contribution in [3.8, 4) is 0 Å². The zero-order valence-electron chi connectivity index (χ0n) is 16.6. The van der Waals surface area contributed by atoms with E-state index in [9.17, 15) is 4.79 Å². The van der Waals surface area contributed by atoms with Crippen LogP contribution in [0.2, 0.25) is 0 Å². The standard InChI is InChI=1S/C19H38O6/c1-17(2)16-24-9-7-19(20)6-5-8-21-10-11-22-12-13-23-14-15-25-18(3)4/h17-18H,5-16H2,1-4H3. The van der Waals surface area contributed by atoms with Crippen LogP contribution >= 0.6 is 0 Å². The molecule has 0 fully saturated rings. The fourth-order valence-electron chi connectivity index (χ4n) is 1.89. The summed E-state index contributed by atoms with van der Waals surface area (Å²) in [5.41, 5.74) is 0. The highest BCUT2D eigenvalue weighted by molar-refractivity contribution is 5.78. The number of carbonyl (C=O) groups is 1. The third-order valence-corrected chi connectivity index (χ3v) is 3.14. The van der Waals surface area contributed by atoms with E-state index in [0.717, 1.165) is 6.42 Å². The van der Waals surface area contributed by atoms with Gasteiger partial charge in [0.15, 0.2) is 0 Å². The van der Waals surface area contributed by atoms with Crippen LogP contribution in [0.25, 0.3) is 0 Å². The predicted molar refractivity (Wildman–Crippen MR) is 98.1 cm³/mol. The summed E-state index contributed by atoms with van der Waals surface area (Å²) in [5, 5.41) is 0. The zero-order chi connectivity index (χ0) is 18.8. The van der Waals surface area contributed by atoms with E-state index in [1.54, 1.807) is 0 Å². The van der Waals surface area contributed by atoms with E-state index in [0.29, 0.717) is 78.2 Å². The van der Waals surface area contributed by atoms with Gasteiger partial charge >= 0.3 is 0 Å². The summed E-state index contributed by atoms with van der Waals surface area (Å²) in [5.74, 6) is 0.748. The van der Waals surface area contributed by atoms with Crippen molar-refractivity contribution < 1.29 is 28.5 Å². The fourth-order valence-corrected chi connectivity index (χ4v) is 1.89. The average Bonchev–Trinajstić information content (AvgIpc) is 2.55. The van der Waals surface area contributed by atoms with Crippen LogP contribution in [-0.4, -0.2) is 71.3 Å². The molecule has 0 atom stereocenters. The number of carbonyl (C=O) groups excluding carboxylic acids is 1. The molecular formula is C19H38O6. The maximum Gasteiger partial charge on any atom is 0.135 e. The van der Waals surface area contributed by atoms with Gasteiger partial charge in [0, 0.05) is 26.1 Å². The molecule has 150 valence electrons. The third-order valence-electron chi connectivity index (χ3n) is 3.14. The first-order valence-corrected chi connectivity index (χ1v) is 9.46. The molecule has 0 bridgehead atoms. The highest BCUT2D eigenvalue weighted by atomic mass is 16.6. The maximum absolute atomic E-state index is 11.6. The van der Waals surface area contributed by atoms with Gasteiger partial charge in [-0.3, -0.25) is 4.79 Å². The van der Waals surface area contributed by atoms with Gasteiger partial charge in [-0.15, -0.1) is 0 Å². The van der Waals surface area contributed by atoms with Crippen LogP contribution in [0.1, 0.15) is 47.0 Å². The van der Waals surface area contributed by atoms with Gasteiger partial charge in [0.25, 0.3) is 0 Å². The Balaban J connectivity index is 3.14. The van der Waals surface area contributed by atoms with Crippen LogP contribution in [-0.2, 0) is 28.5 Å². The Labute approximate surface area is 153 Å².